The van der Waals surface area contributed by atoms with Crippen molar-refractivity contribution >= 4 is 10.0 Å². The molecule has 0 aliphatic rings. The van der Waals surface area contributed by atoms with Crippen LogP contribution in [0, 0.1) is 0 Å². The van der Waals surface area contributed by atoms with Crippen molar-refractivity contribution in [2.45, 2.75) is 33.2 Å². The largest absolute Gasteiger partial charge is 0.329 e. The monoisotopic (exact) mass is 208 g/mol. The zero-order chi connectivity index (χ0) is 10.5. The van der Waals surface area contributed by atoms with Crippen LogP contribution in [0.25, 0.3) is 0 Å². The molecule has 0 atom stereocenters. The molecule has 80 valence electrons. The van der Waals surface area contributed by atoms with Gasteiger partial charge in [-0.25, -0.2) is 8.42 Å². The summed E-state index contributed by atoms with van der Waals surface area (Å²) in [6.45, 7) is 6.50. The van der Waals surface area contributed by atoms with Crippen LogP contribution in [0.4, 0.5) is 0 Å². The maximum atomic E-state index is 11.6. The van der Waals surface area contributed by atoms with Gasteiger partial charge in [-0.15, -0.1) is 0 Å². The number of sulfonamides is 1. The van der Waals surface area contributed by atoms with Gasteiger partial charge in [0.2, 0.25) is 10.0 Å². The van der Waals surface area contributed by atoms with E-state index < -0.39 is 10.0 Å². The van der Waals surface area contributed by atoms with Gasteiger partial charge in [-0.2, -0.15) is 4.31 Å². The van der Waals surface area contributed by atoms with Gasteiger partial charge in [0.05, 0.1) is 5.75 Å². The number of nitrogens with two attached hydrogens (primary N) is 1. The van der Waals surface area contributed by atoms with E-state index in [1.54, 1.807) is 0 Å². The maximum absolute atomic E-state index is 11.6. The Balaban J connectivity index is 4.53. The lowest BCUT2D eigenvalue weighted by Gasteiger charge is -2.24. The summed E-state index contributed by atoms with van der Waals surface area (Å²) < 4.78 is 24.7. The number of hydrogen-bond donors (Lipinski definition) is 1. The molecule has 0 saturated carbocycles. The Morgan fingerprint density at radius 2 is 1.92 bits per heavy atom. The van der Waals surface area contributed by atoms with Crippen molar-refractivity contribution in [2.75, 3.05) is 18.8 Å². The molecule has 5 heteroatoms. The molecule has 0 unspecified atom stereocenters. The Hall–Kier alpha value is -0.130. The Kier molecular flexibility index (Phi) is 5.51. The Morgan fingerprint density at radius 1 is 1.38 bits per heavy atom. The molecule has 0 aliphatic carbocycles. The van der Waals surface area contributed by atoms with Crippen LogP contribution in [0.15, 0.2) is 0 Å². The van der Waals surface area contributed by atoms with Gasteiger partial charge in [-0.05, 0) is 20.3 Å². The molecule has 0 aromatic heterocycles. The SMILES string of the molecule is CCCN(C(C)C)S(=O)(=O)CCN. The van der Waals surface area contributed by atoms with E-state index in [-0.39, 0.29) is 18.3 Å². The summed E-state index contributed by atoms with van der Waals surface area (Å²) in [5.74, 6) is 0.0468. The zero-order valence-electron chi connectivity index (χ0n) is 8.66. The first-order valence-corrected chi connectivity index (χ1v) is 6.26. The Bertz CT molecular complexity index is 224. The first-order chi connectivity index (χ1) is 5.95. The molecule has 0 amide bonds. The lowest BCUT2D eigenvalue weighted by atomic mass is 10.4. The van der Waals surface area contributed by atoms with Gasteiger partial charge in [0, 0.05) is 19.1 Å². The number of hydrogen-bond acceptors (Lipinski definition) is 3. The normalized spacial score (nSPS) is 12.8. The van der Waals surface area contributed by atoms with E-state index >= 15 is 0 Å². The molecule has 0 aliphatic heterocycles. The third-order valence-corrected chi connectivity index (χ3v) is 3.82. The van der Waals surface area contributed by atoms with Gasteiger partial charge in [0.15, 0.2) is 0 Å². The predicted molar refractivity (Wildman–Crippen MR) is 55.0 cm³/mol. The highest BCUT2D eigenvalue weighted by Gasteiger charge is 2.22. The first-order valence-electron chi connectivity index (χ1n) is 4.65. The van der Waals surface area contributed by atoms with Gasteiger partial charge in [-0.3, -0.25) is 0 Å². The molecule has 0 spiro atoms. The first kappa shape index (κ1) is 12.9. The van der Waals surface area contributed by atoms with Gasteiger partial charge in [-0.1, -0.05) is 6.92 Å². The van der Waals surface area contributed by atoms with Crippen molar-refractivity contribution in [3.8, 4) is 0 Å². The molecule has 0 radical (unpaired) electrons. The van der Waals surface area contributed by atoms with Crippen molar-refractivity contribution < 1.29 is 8.42 Å². The zero-order valence-corrected chi connectivity index (χ0v) is 9.47. The van der Waals surface area contributed by atoms with Crippen molar-refractivity contribution in [3.63, 3.8) is 0 Å². The van der Waals surface area contributed by atoms with E-state index in [2.05, 4.69) is 0 Å². The van der Waals surface area contributed by atoms with Crippen LogP contribution in [0.1, 0.15) is 27.2 Å². The molecule has 0 heterocycles. The van der Waals surface area contributed by atoms with E-state index in [0.717, 1.165) is 6.42 Å². The number of rotatable bonds is 6. The number of nitrogens with zero attached hydrogens (tertiary/aromatic N) is 1. The molecule has 0 fully saturated rings. The summed E-state index contributed by atoms with van der Waals surface area (Å²) in [4.78, 5) is 0. The third kappa shape index (κ3) is 4.06. The molecule has 0 aromatic rings. The second kappa shape index (κ2) is 5.57. The molecule has 0 rings (SSSR count). The second-order valence-electron chi connectivity index (χ2n) is 3.31. The van der Waals surface area contributed by atoms with E-state index in [4.69, 9.17) is 5.73 Å². The fourth-order valence-corrected chi connectivity index (χ4v) is 2.84. The molecule has 0 bridgehead atoms. The molecular formula is C8H20N2O2S. The smallest absolute Gasteiger partial charge is 0.215 e. The maximum Gasteiger partial charge on any atom is 0.215 e. The van der Waals surface area contributed by atoms with Gasteiger partial charge in [0.1, 0.15) is 0 Å². The third-order valence-electron chi connectivity index (χ3n) is 1.75. The summed E-state index contributed by atoms with van der Waals surface area (Å²) in [6, 6.07) is 0.0245. The summed E-state index contributed by atoms with van der Waals surface area (Å²) in [5.41, 5.74) is 5.24. The molecule has 0 aromatic carbocycles. The van der Waals surface area contributed by atoms with Crippen LogP contribution in [0.2, 0.25) is 0 Å². The van der Waals surface area contributed by atoms with Gasteiger partial charge >= 0.3 is 0 Å². The average Bonchev–Trinajstić information content (AvgIpc) is 1.99. The molecule has 13 heavy (non-hydrogen) atoms. The van der Waals surface area contributed by atoms with Crippen molar-refractivity contribution in [1.29, 1.82) is 0 Å². The highest BCUT2D eigenvalue weighted by molar-refractivity contribution is 7.89. The fourth-order valence-electron chi connectivity index (χ4n) is 1.21. The predicted octanol–water partition coefficient (Wildman–Crippen LogP) is 0.395. The second-order valence-corrected chi connectivity index (χ2v) is 5.35. The highest BCUT2D eigenvalue weighted by Crippen LogP contribution is 2.07. The Morgan fingerprint density at radius 3 is 2.23 bits per heavy atom. The van der Waals surface area contributed by atoms with Crippen LogP contribution in [-0.4, -0.2) is 37.6 Å². The van der Waals surface area contributed by atoms with Crippen molar-refractivity contribution in [2.24, 2.45) is 5.73 Å². The van der Waals surface area contributed by atoms with Crippen LogP contribution in [0.5, 0.6) is 0 Å². The van der Waals surface area contributed by atoms with Crippen molar-refractivity contribution in [3.05, 3.63) is 0 Å². The molecule has 4 nitrogen and oxygen atoms in total. The van der Waals surface area contributed by atoms with Gasteiger partial charge < -0.3 is 5.73 Å². The summed E-state index contributed by atoms with van der Waals surface area (Å²) >= 11 is 0. The van der Waals surface area contributed by atoms with E-state index in [1.807, 2.05) is 20.8 Å². The average molecular weight is 208 g/mol. The summed E-state index contributed by atoms with van der Waals surface area (Å²) in [5, 5.41) is 0. The Labute approximate surface area is 81.2 Å². The summed E-state index contributed by atoms with van der Waals surface area (Å²) in [7, 11) is -3.13. The minimum absolute atomic E-state index is 0.0245. The minimum Gasteiger partial charge on any atom is -0.329 e. The quantitative estimate of drug-likeness (QED) is 0.687. The molecule has 2 N–H and O–H groups in total. The lowest BCUT2D eigenvalue weighted by molar-refractivity contribution is 0.354. The van der Waals surface area contributed by atoms with Crippen LogP contribution >= 0.6 is 0 Å². The van der Waals surface area contributed by atoms with E-state index in [1.165, 1.54) is 4.31 Å². The lowest BCUT2D eigenvalue weighted by Crippen LogP contribution is -2.40. The van der Waals surface area contributed by atoms with Gasteiger partial charge in [0.25, 0.3) is 0 Å². The van der Waals surface area contributed by atoms with Crippen molar-refractivity contribution in [1.82, 2.24) is 4.31 Å². The fraction of sp³-hybridized carbons (Fsp3) is 1.00. The van der Waals surface area contributed by atoms with Crippen LogP contribution in [-0.2, 0) is 10.0 Å². The standard InChI is InChI=1S/C8H20N2O2S/c1-4-6-10(8(2)3)13(11,12)7-5-9/h8H,4-7,9H2,1-3H3. The molecular weight excluding hydrogens is 188 g/mol. The van der Waals surface area contributed by atoms with Crippen LogP contribution in [0.3, 0.4) is 0 Å². The minimum atomic E-state index is -3.13. The van der Waals surface area contributed by atoms with E-state index in [0.29, 0.717) is 6.54 Å². The van der Waals surface area contributed by atoms with Crippen LogP contribution < -0.4 is 5.73 Å². The summed E-state index contributed by atoms with van der Waals surface area (Å²) in [6.07, 6.45) is 0.835. The van der Waals surface area contributed by atoms with E-state index in [9.17, 15) is 8.42 Å². The molecule has 0 saturated heterocycles. The topological polar surface area (TPSA) is 63.4 Å². The highest BCUT2D eigenvalue weighted by atomic mass is 32.2.